The lowest BCUT2D eigenvalue weighted by molar-refractivity contribution is -0.0914. The van der Waals surface area contributed by atoms with Crippen molar-refractivity contribution in [2.75, 3.05) is 0 Å². The molecule has 36 heavy (non-hydrogen) atoms. The van der Waals surface area contributed by atoms with Gasteiger partial charge in [0.25, 0.3) is 0 Å². The van der Waals surface area contributed by atoms with Gasteiger partial charge >= 0.3 is 0 Å². The van der Waals surface area contributed by atoms with E-state index in [1.165, 1.54) is 25.7 Å². The van der Waals surface area contributed by atoms with Gasteiger partial charge in [-0.1, -0.05) is 66.2 Å². The van der Waals surface area contributed by atoms with Crippen molar-refractivity contribution in [3.05, 3.63) is 0 Å². The fraction of sp³-hybridized carbons (Fsp3) is 1.00. The molecule has 6 aliphatic carbocycles. The van der Waals surface area contributed by atoms with Crippen molar-refractivity contribution in [2.45, 2.75) is 143 Å². The van der Waals surface area contributed by atoms with Crippen LogP contribution in [0.3, 0.4) is 0 Å². The highest BCUT2D eigenvalue weighted by Crippen LogP contribution is 2.60. The first kappa shape index (κ1) is 26.2. The SMILES string of the molecule is CC(C)C1CCC2CCC(C)C3C(CC4CCC5CC(C6CCCCCC6C)CCC5C4)CCC1C23. The van der Waals surface area contributed by atoms with Crippen molar-refractivity contribution in [3.63, 3.8) is 0 Å². The Balaban J connectivity index is 1.07. The molecule has 6 fully saturated rings. The Morgan fingerprint density at radius 2 is 1.25 bits per heavy atom. The molecule has 0 radical (unpaired) electrons. The number of fused-ring (bicyclic) bond motifs is 1. The first-order valence-electron chi connectivity index (χ1n) is 17.5. The minimum atomic E-state index is 0.914. The molecule has 0 nitrogen and oxygen atoms in total. The van der Waals surface area contributed by atoms with Crippen LogP contribution in [0, 0.1) is 82.9 Å². The maximum absolute atomic E-state index is 2.68. The number of hydrogen-bond donors (Lipinski definition) is 0. The van der Waals surface area contributed by atoms with Gasteiger partial charge in [-0.25, -0.2) is 0 Å². The summed E-state index contributed by atoms with van der Waals surface area (Å²) in [5.74, 6) is 14.9. The minimum Gasteiger partial charge on any atom is -0.0625 e. The molecule has 13 unspecified atom stereocenters. The zero-order valence-electron chi connectivity index (χ0n) is 24.8. The van der Waals surface area contributed by atoms with Gasteiger partial charge in [-0.05, 0) is 160 Å². The Labute approximate surface area is 225 Å². The fourth-order valence-electron chi connectivity index (χ4n) is 12.6. The summed E-state index contributed by atoms with van der Waals surface area (Å²) in [5.41, 5.74) is 0. The topological polar surface area (TPSA) is 0 Å². The summed E-state index contributed by atoms with van der Waals surface area (Å²) in [6.07, 6.45) is 28.4. The largest absolute Gasteiger partial charge is 0.0625 e. The van der Waals surface area contributed by atoms with Gasteiger partial charge in [0.1, 0.15) is 0 Å². The highest BCUT2D eigenvalue weighted by atomic mass is 14.6. The van der Waals surface area contributed by atoms with Crippen molar-refractivity contribution < 1.29 is 0 Å². The third-order valence-electron chi connectivity index (χ3n) is 14.3. The second-order valence-electron chi connectivity index (χ2n) is 16.2. The maximum Gasteiger partial charge on any atom is -0.0321 e. The molecule has 6 aliphatic rings. The molecule has 0 aromatic heterocycles. The Hall–Kier alpha value is 0. The van der Waals surface area contributed by atoms with E-state index in [1.807, 2.05) is 0 Å². The molecule has 0 saturated heterocycles. The lowest BCUT2D eigenvalue weighted by Gasteiger charge is -2.58. The van der Waals surface area contributed by atoms with Crippen LogP contribution < -0.4 is 0 Å². The summed E-state index contributed by atoms with van der Waals surface area (Å²) in [6, 6.07) is 0. The summed E-state index contributed by atoms with van der Waals surface area (Å²) in [4.78, 5) is 0. The van der Waals surface area contributed by atoms with E-state index in [4.69, 9.17) is 0 Å². The normalized spacial score (nSPS) is 51.8. The van der Waals surface area contributed by atoms with Gasteiger partial charge in [-0.3, -0.25) is 0 Å². The van der Waals surface area contributed by atoms with Gasteiger partial charge in [-0.2, -0.15) is 0 Å². The van der Waals surface area contributed by atoms with Crippen LogP contribution in [0.2, 0.25) is 0 Å². The van der Waals surface area contributed by atoms with E-state index in [-0.39, 0.29) is 0 Å². The summed E-state index contributed by atoms with van der Waals surface area (Å²) in [6.45, 7) is 10.4. The minimum absolute atomic E-state index is 0.914. The van der Waals surface area contributed by atoms with Crippen LogP contribution in [0.4, 0.5) is 0 Å². The Morgan fingerprint density at radius 3 is 2.11 bits per heavy atom. The summed E-state index contributed by atoms with van der Waals surface area (Å²) in [5, 5.41) is 0. The third kappa shape index (κ3) is 5.12. The fourth-order valence-corrected chi connectivity index (χ4v) is 12.6. The highest BCUT2D eigenvalue weighted by molar-refractivity contribution is 5.01. The van der Waals surface area contributed by atoms with Gasteiger partial charge in [-0.15, -0.1) is 0 Å². The Bertz CT molecular complexity index is 707. The molecule has 0 heteroatoms. The van der Waals surface area contributed by atoms with Gasteiger partial charge in [0, 0.05) is 0 Å². The van der Waals surface area contributed by atoms with Crippen LogP contribution in [0.15, 0.2) is 0 Å². The monoisotopic (exact) mass is 494 g/mol. The van der Waals surface area contributed by atoms with Crippen LogP contribution in [0.25, 0.3) is 0 Å². The number of hydrogen-bond acceptors (Lipinski definition) is 0. The van der Waals surface area contributed by atoms with E-state index in [0.29, 0.717) is 0 Å². The second-order valence-corrected chi connectivity index (χ2v) is 16.2. The molecular weight excluding hydrogens is 432 g/mol. The molecule has 206 valence electrons. The molecule has 0 aromatic rings. The van der Waals surface area contributed by atoms with Gasteiger partial charge in [0.05, 0.1) is 0 Å². The van der Waals surface area contributed by atoms with Crippen LogP contribution >= 0.6 is 0 Å². The molecule has 0 amide bonds. The number of rotatable bonds is 4. The molecule has 6 saturated carbocycles. The highest BCUT2D eigenvalue weighted by Gasteiger charge is 2.52. The predicted octanol–water partition coefficient (Wildman–Crippen LogP) is 10.8. The lowest BCUT2D eigenvalue weighted by Crippen LogP contribution is -2.51. The molecule has 0 aliphatic heterocycles. The molecule has 0 aromatic carbocycles. The smallest absolute Gasteiger partial charge is 0.0321 e. The van der Waals surface area contributed by atoms with E-state index in [1.54, 1.807) is 89.9 Å². The zero-order chi connectivity index (χ0) is 24.8. The van der Waals surface area contributed by atoms with E-state index >= 15 is 0 Å². The standard InChI is InChI=1S/C36H62/c1-23(2)32-18-16-27-12-10-25(4)35-31(17-19-34(32)36(27)35)21-26-11-13-29-22-30(15-14-28(29)20-26)33-9-7-5-6-8-24(33)3/h23-36H,5-22H2,1-4H3. The second kappa shape index (κ2) is 11.2. The Kier molecular flexibility index (Phi) is 8.19. The van der Waals surface area contributed by atoms with Crippen molar-refractivity contribution >= 4 is 0 Å². The molecular formula is C36H62. The molecule has 13 atom stereocenters. The maximum atomic E-state index is 2.68. The molecule has 0 bridgehead atoms. The lowest BCUT2D eigenvalue weighted by atomic mass is 9.47. The molecule has 0 spiro atoms. The summed E-state index contributed by atoms with van der Waals surface area (Å²) >= 11 is 0. The average Bonchev–Trinajstić information content (AvgIpc) is 3.10. The van der Waals surface area contributed by atoms with Crippen LogP contribution in [0.5, 0.6) is 0 Å². The summed E-state index contributed by atoms with van der Waals surface area (Å²) in [7, 11) is 0. The summed E-state index contributed by atoms with van der Waals surface area (Å²) < 4.78 is 0. The van der Waals surface area contributed by atoms with Crippen LogP contribution in [0.1, 0.15) is 143 Å². The van der Waals surface area contributed by atoms with Crippen LogP contribution in [-0.2, 0) is 0 Å². The average molecular weight is 495 g/mol. The van der Waals surface area contributed by atoms with E-state index in [0.717, 1.165) is 82.9 Å². The molecule has 0 heterocycles. The van der Waals surface area contributed by atoms with Gasteiger partial charge in [0.15, 0.2) is 0 Å². The zero-order valence-corrected chi connectivity index (χ0v) is 24.8. The van der Waals surface area contributed by atoms with Crippen molar-refractivity contribution in [2.24, 2.45) is 82.9 Å². The van der Waals surface area contributed by atoms with E-state index < -0.39 is 0 Å². The quantitative estimate of drug-likeness (QED) is 0.341. The molecule has 0 N–H and O–H groups in total. The van der Waals surface area contributed by atoms with Gasteiger partial charge < -0.3 is 0 Å². The van der Waals surface area contributed by atoms with Gasteiger partial charge in [0.2, 0.25) is 0 Å². The van der Waals surface area contributed by atoms with Crippen molar-refractivity contribution in [1.82, 2.24) is 0 Å². The van der Waals surface area contributed by atoms with E-state index in [2.05, 4.69) is 27.7 Å². The first-order valence-corrected chi connectivity index (χ1v) is 17.5. The van der Waals surface area contributed by atoms with Crippen molar-refractivity contribution in [1.29, 1.82) is 0 Å². The van der Waals surface area contributed by atoms with E-state index in [9.17, 15) is 0 Å². The third-order valence-corrected chi connectivity index (χ3v) is 14.3. The van der Waals surface area contributed by atoms with Crippen molar-refractivity contribution in [3.8, 4) is 0 Å². The molecule has 6 rings (SSSR count). The predicted molar refractivity (Wildman–Crippen MR) is 155 cm³/mol. The Morgan fingerprint density at radius 1 is 0.528 bits per heavy atom. The first-order chi connectivity index (χ1) is 17.5. The van der Waals surface area contributed by atoms with Crippen LogP contribution in [-0.4, -0.2) is 0 Å².